The van der Waals surface area contributed by atoms with Crippen molar-refractivity contribution < 1.29 is 23.5 Å². The normalized spacial score (nSPS) is 14.9. The molecule has 0 spiro atoms. The molecule has 35 heavy (non-hydrogen) atoms. The summed E-state index contributed by atoms with van der Waals surface area (Å²) in [5.41, 5.74) is 2.70. The van der Waals surface area contributed by atoms with Gasteiger partial charge in [0, 0.05) is 19.0 Å². The van der Waals surface area contributed by atoms with Gasteiger partial charge in [0.05, 0.1) is 26.0 Å². The summed E-state index contributed by atoms with van der Waals surface area (Å²) in [4.78, 5) is 27.4. The quantitative estimate of drug-likeness (QED) is 0.511. The van der Waals surface area contributed by atoms with E-state index in [0.717, 1.165) is 28.7 Å². The summed E-state index contributed by atoms with van der Waals surface area (Å²) in [7, 11) is 4.71. The van der Waals surface area contributed by atoms with E-state index in [2.05, 4.69) is 5.10 Å². The fourth-order valence-electron chi connectivity index (χ4n) is 3.97. The number of likely N-dealkylation sites (N-methyl/N-ethyl adjacent to an activating group) is 1. The van der Waals surface area contributed by atoms with Crippen LogP contribution in [0, 0.1) is 5.82 Å². The number of nitrogens with zero attached hydrogens (tertiary/aromatic N) is 3. The third kappa shape index (κ3) is 5.32. The summed E-state index contributed by atoms with van der Waals surface area (Å²) in [6.07, 6.45) is 0.506. The minimum atomic E-state index is -0.511. The number of halogens is 1. The lowest BCUT2D eigenvalue weighted by atomic mass is 9.98. The van der Waals surface area contributed by atoms with Crippen LogP contribution in [0.2, 0.25) is 0 Å². The fourth-order valence-corrected chi connectivity index (χ4v) is 3.97. The first-order chi connectivity index (χ1) is 16.9. The number of rotatable bonds is 7. The van der Waals surface area contributed by atoms with Gasteiger partial charge in [-0.3, -0.25) is 9.59 Å². The fraction of sp³-hybridized carbons (Fsp3) is 0.222. The second-order valence-electron chi connectivity index (χ2n) is 8.18. The van der Waals surface area contributed by atoms with Gasteiger partial charge < -0.3 is 14.4 Å². The molecule has 0 bridgehead atoms. The van der Waals surface area contributed by atoms with Crippen molar-refractivity contribution >= 4 is 17.5 Å². The standard InChI is InChI=1S/C27H26FN3O4/c1-30(27(33)20-5-4-6-21(28)15-20)17-26(32)31-25(19-9-13-23(35-3)14-10-19)16-24(29-31)18-7-11-22(34-2)12-8-18/h4-15,25H,16-17H2,1-3H3/t25-/m1/s1. The summed E-state index contributed by atoms with van der Waals surface area (Å²) in [5, 5.41) is 6.07. The minimum absolute atomic E-state index is 0.177. The van der Waals surface area contributed by atoms with Crippen LogP contribution in [-0.2, 0) is 4.79 Å². The topological polar surface area (TPSA) is 71.4 Å². The number of carbonyl (C=O) groups is 2. The van der Waals surface area contributed by atoms with Gasteiger partial charge in [-0.25, -0.2) is 9.40 Å². The van der Waals surface area contributed by atoms with Gasteiger partial charge in [0.25, 0.3) is 11.8 Å². The molecule has 7 nitrogen and oxygen atoms in total. The predicted molar refractivity (Wildman–Crippen MR) is 130 cm³/mol. The average Bonchev–Trinajstić information content (AvgIpc) is 3.34. The van der Waals surface area contributed by atoms with Crippen molar-refractivity contribution in [2.24, 2.45) is 5.10 Å². The molecule has 2 amide bonds. The second kappa shape index (κ2) is 10.4. The number of methoxy groups -OCH3 is 2. The molecule has 1 aliphatic heterocycles. The second-order valence-corrected chi connectivity index (χ2v) is 8.18. The highest BCUT2D eigenvalue weighted by Crippen LogP contribution is 2.34. The molecule has 0 saturated heterocycles. The highest BCUT2D eigenvalue weighted by molar-refractivity contribution is 6.03. The highest BCUT2D eigenvalue weighted by Gasteiger charge is 2.34. The molecule has 8 heteroatoms. The zero-order valence-electron chi connectivity index (χ0n) is 19.8. The van der Waals surface area contributed by atoms with Crippen LogP contribution in [0.25, 0.3) is 0 Å². The van der Waals surface area contributed by atoms with Gasteiger partial charge in [-0.1, -0.05) is 18.2 Å². The van der Waals surface area contributed by atoms with Crippen LogP contribution in [0.15, 0.2) is 77.9 Å². The van der Waals surface area contributed by atoms with Gasteiger partial charge in [0.2, 0.25) is 0 Å². The van der Waals surface area contributed by atoms with E-state index in [4.69, 9.17) is 9.47 Å². The third-order valence-corrected chi connectivity index (χ3v) is 5.88. The summed E-state index contributed by atoms with van der Waals surface area (Å²) >= 11 is 0. The number of hydrogen-bond donors (Lipinski definition) is 0. The number of carbonyl (C=O) groups excluding carboxylic acids is 2. The summed E-state index contributed by atoms with van der Waals surface area (Å²) < 4.78 is 24.1. The lowest BCUT2D eigenvalue weighted by molar-refractivity contribution is -0.133. The molecule has 180 valence electrons. The number of amides is 2. The zero-order chi connectivity index (χ0) is 24.9. The Labute approximate surface area is 203 Å². The zero-order valence-corrected chi connectivity index (χ0v) is 19.8. The van der Waals surface area contributed by atoms with Crippen molar-refractivity contribution in [2.45, 2.75) is 12.5 Å². The largest absolute Gasteiger partial charge is 0.497 e. The van der Waals surface area contributed by atoms with E-state index in [1.807, 2.05) is 48.5 Å². The van der Waals surface area contributed by atoms with E-state index < -0.39 is 11.7 Å². The Morgan fingerprint density at radius 3 is 2.23 bits per heavy atom. The number of hydrogen-bond acceptors (Lipinski definition) is 5. The summed E-state index contributed by atoms with van der Waals surface area (Å²) in [6, 6.07) is 20.0. The number of benzene rings is 3. The first-order valence-corrected chi connectivity index (χ1v) is 11.1. The molecule has 3 aromatic carbocycles. The molecule has 3 aromatic rings. The highest BCUT2D eigenvalue weighted by atomic mass is 19.1. The summed E-state index contributed by atoms with van der Waals surface area (Å²) in [5.74, 6) is 0.133. The smallest absolute Gasteiger partial charge is 0.262 e. The summed E-state index contributed by atoms with van der Waals surface area (Å²) in [6.45, 7) is -0.207. The molecule has 1 atom stereocenters. The molecular formula is C27H26FN3O4. The molecule has 1 heterocycles. The molecule has 0 fully saturated rings. The van der Waals surface area contributed by atoms with Gasteiger partial charge in [0.1, 0.15) is 23.9 Å². The van der Waals surface area contributed by atoms with Crippen LogP contribution in [-0.4, -0.2) is 55.2 Å². The van der Waals surface area contributed by atoms with Crippen LogP contribution in [0.3, 0.4) is 0 Å². The van der Waals surface area contributed by atoms with E-state index >= 15 is 0 Å². The maximum absolute atomic E-state index is 13.6. The van der Waals surface area contributed by atoms with Crippen molar-refractivity contribution in [3.8, 4) is 11.5 Å². The Balaban J connectivity index is 1.59. The predicted octanol–water partition coefficient (Wildman–Crippen LogP) is 4.29. The van der Waals surface area contributed by atoms with Gasteiger partial charge in [-0.2, -0.15) is 5.10 Å². The maximum Gasteiger partial charge on any atom is 0.262 e. The van der Waals surface area contributed by atoms with Gasteiger partial charge in [0.15, 0.2) is 0 Å². The van der Waals surface area contributed by atoms with Crippen LogP contribution in [0.1, 0.15) is 33.9 Å². The monoisotopic (exact) mass is 475 g/mol. The molecule has 0 aliphatic carbocycles. The SMILES string of the molecule is COc1ccc(C2=NN(C(=O)CN(C)C(=O)c3cccc(F)c3)[C@@H](c3ccc(OC)cc3)C2)cc1. The molecular weight excluding hydrogens is 449 g/mol. The van der Waals surface area contributed by atoms with E-state index in [9.17, 15) is 14.0 Å². The Bertz CT molecular complexity index is 1240. The lowest BCUT2D eigenvalue weighted by Crippen LogP contribution is -2.39. The Morgan fingerprint density at radius 1 is 1.00 bits per heavy atom. The maximum atomic E-state index is 13.6. The van der Waals surface area contributed by atoms with E-state index in [-0.39, 0.29) is 24.1 Å². The molecule has 0 aromatic heterocycles. The van der Waals surface area contributed by atoms with Gasteiger partial charge in [-0.05, 0) is 65.7 Å². The number of ether oxygens (including phenoxy) is 2. The molecule has 0 unspecified atom stereocenters. The van der Waals surface area contributed by atoms with Gasteiger partial charge in [-0.15, -0.1) is 0 Å². The van der Waals surface area contributed by atoms with E-state index in [1.165, 1.54) is 35.2 Å². The van der Waals surface area contributed by atoms with Crippen molar-refractivity contribution in [1.29, 1.82) is 0 Å². The van der Waals surface area contributed by atoms with E-state index in [0.29, 0.717) is 12.2 Å². The van der Waals surface area contributed by atoms with Crippen molar-refractivity contribution in [3.63, 3.8) is 0 Å². The Kier molecular flexibility index (Phi) is 7.10. The minimum Gasteiger partial charge on any atom is -0.497 e. The Morgan fingerprint density at radius 2 is 1.63 bits per heavy atom. The molecule has 0 N–H and O–H groups in total. The first kappa shape index (κ1) is 23.9. The molecule has 0 saturated carbocycles. The third-order valence-electron chi connectivity index (χ3n) is 5.88. The van der Waals surface area contributed by atoms with Gasteiger partial charge >= 0.3 is 0 Å². The Hall–Kier alpha value is -4.20. The van der Waals surface area contributed by atoms with Crippen LogP contribution in [0.5, 0.6) is 11.5 Å². The van der Waals surface area contributed by atoms with Crippen molar-refractivity contribution in [1.82, 2.24) is 9.91 Å². The van der Waals surface area contributed by atoms with E-state index in [1.54, 1.807) is 14.2 Å². The number of hydrazone groups is 1. The lowest BCUT2D eigenvalue weighted by Gasteiger charge is -2.25. The molecule has 1 aliphatic rings. The molecule has 4 rings (SSSR count). The van der Waals surface area contributed by atoms with Crippen LogP contribution < -0.4 is 9.47 Å². The average molecular weight is 476 g/mol. The van der Waals surface area contributed by atoms with Crippen molar-refractivity contribution in [3.05, 3.63) is 95.3 Å². The van der Waals surface area contributed by atoms with Crippen LogP contribution >= 0.6 is 0 Å². The van der Waals surface area contributed by atoms with Crippen LogP contribution in [0.4, 0.5) is 4.39 Å². The molecule has 0 radical (unpaired) electrons. The van der Waals surface area contributed by atoms with Crippen molar-refractivity contribution in [2.75, 3.05) is 27.8 Å². The first-order valence-electron chi connectivity index (χ1n) is 11.1.